The molecular formula is C17H30N8O8. The second-order valence-electron chi connectivity index (χ2n) is 6.90. The summed E-state index contributed by atoms with van der Waals surface area (Å²) < 4.78 is 0. The van der Waals surface area contributed by atoms with Gasteiger partial charge in [0.25, 0.3) is 0 Å². The fraction of sp³-hybridized carbons (Fsp3) is 0.588. The van der Waals surface area contributed by atoms with Gasteiger partial charge >= 0.3 is 11.9 Å². The van der Waals surface area contributed by atoms with Gasteiger partial charge in [-0.1, -0.05) is 0 Å². The average Bonchev–Trinajstić information content (AvgIpc) is 2.70. The van der Waals surface area contributed by atoms with Gasteiger partial charge < -0.3 is 49.1 Å². The summed E-state index contributed by atoms with van der Waals surface area (Å²) in [6, 6.07) is -4.01. The van der Waals surface area contributed by atoms with Crippen molar-refractivity contribution in [2.24, 2.45) is 27.9 Å². The topological polar surface area (TPSA) is 295 Å². The van der Waals surface area contributed by atoms with E-state index in [0.717, 1.165) is 0 Å². The molecule has 13 N–H and O–H groups in total. The lowest BCUT2D eigenvalue weighted by Crippen LogP contribution is -2.54. The number of carboxylic acids is 2. The van der Waals surface area contributed by atoms with E-state index in [1.807, 2.05) is 0 Å². The van der Waals surface area contributed by atoms with Crippen molar-refractivity contribution in [3.05, 3.63) is 0 Å². The van der Waals surface area contributed by atoms with Gasteiger partial charge in [0.15, 0.2) is 5.96 Å². The molecular weight excluding hydrogens is 444 g/mol. The quantitative estimate of drug-likeness (QED) is 0.0581. The number of nitrogens with zero attached hydrogens (tertiary/aromatic N) is 1. The van der Waals surface area contributed by atoms with Gasteiger partial charge in [0.05, 0.1) is 19.0 Å². The van der Waals surface area contributed by atoms with Crippen LogP contribution in [0.3, 0.4) is 0 Å². The minimum atomic E-state index is -1.48. The Morgan fingerprint density at radius 1 is 0.879 bits per heavy atom. The molecule has 0 rings (SSSR count). The standard InChI is InChI=1S/C17H30N8O8/c18-8(3-4-13(28)29)14(30)25-10(6-11(19)26)15(31)23-7-12(27)24-9(16(32)33)2-1-5-22-17(20)21/h8-10H,1-7,18H2,(H2,19,26)(H,23,31)(H,24,27)(H,25,30)(H,28,29)(H,32,33)(H4,20,21,22). The normalized spacial score (nSPS) is 13.0. The van der Waals surface area contributed by atoms with Crippen LogP contribution in [0.1, 0.15) is 32.1 Å². The fourth-order valence-corrected chi connectivity index (χ4v) is 2.40. The van der Waals surface area contributed by atoms with Gasteiger partial charge in [0, 0.05) is 13.0 Å². The summed E-state index contributed by atoms with van der Waals surface area (Å²) >= 11 is 0. The number of amides is 4. The van der Waals surface area contributed by atoms with Gasteiger partial charge in [-0.2, -0.15) is 0 Å². The second kappa shape index (κ2) is 15.0. The highest BCUT2D eigenvalue weighted by atomic mass is 16.4. The van der Waals surface area contributed by atoms with Crippen LogP contribution in [0.2, 0.25) is 0 Å². The lowest BCUT2D eigenvalue weighted by atomic mass is 10.1. The highest BCUT2D eigenvalue weighted by Gasteiger charge is 2.26. The van der Waals surface area contributed by atoms with Crippen molar-refractivity contribution in [3.8, 4) is 0 Å². The van der Waals surface area contributed by atoms with Crippen LogP contribution in [0.25, 0.3) is 0 Å². The summed E-state index contributed by atoms with van der Waals surface area (Å²) in [7, 11) is 0. The molecule has 0 radical (unpaired) electrons. The fourth-order valence-electron chi connectivity index (χ4n) is 2.40. The van der Waals surface area contributed by atoms with Crippen molar-refractivity contribution in [2.75, 3.05) is 13.1 Å². The van der Waals surface area contributed by atoms with E-state index in [4.69, 9.17) is 28.0 Å². The van der Waals surface area contributed by atoms with E-state index in [1.54, 1.807) is 0 Å². The first kappa shape index (κ1) is 29.1. The van der Waals surface area contributed by atoms with Gasteiger partial charge in [-0.05, 0) is 19.3 Å². The number of hydrogen-bond donors (Lipinski definition) is 9. The molecule has 0 spiro atoms. The molecule has 186 valence electrons. The number of aliphatic imine (C=N–C) groups is 1. The Balaban J connectivity index is 4.82. The van der Waals surface area contributed by atoms with Crippen LogP contribution in [0.4, 0.5) is 0 Å². The largest absolute Gasteiger partial charge is 0.481 e. The van der Waals surface area contributed by atoms with Gasteiger partial charge in [-0.15, -0.1) is 0 Å². The number of carbonyl (C=O) groups excluding carboxylic acids is 4. The van der Waals surface area contributed by atoms with Crippen molar-refractivity contribution in [2.45, 2.75) is 50.2 Å². The van der Waals surface area contributed by atoms with Crippen LogP contribution in [-0.2, 0) is 28.8 Å². The number of hydrogen-bond acceptors (Lipinski definition) is 8. The van der Waals surface area contributed by atoms with Crippen molar-refractivity contribution in [1.82, 2.24) is 16.0 Å². The van der Waals surface area contributed by atoms with Crippen molar-refractivity contribution in [1.29, 1.82) is 0 Å². The Morgan fingerprint density at radius 3 is 2.03 bits per heavy atom. The van der Waals surface area contributed by atoms with E-state index < -0.39 is 73.1 Å². The maximum Gasteiger partial charge on any atom is 0.326 e. The molecule has 3 atom stereocenters. The maximum atomic E-state index is 12.3. The smallest absolute Gasteiger partial charge is 0.326 e. The third-order valence-electron chi connectivity index (χ3n) is 4.05. The molecule has 0 saturated carbocycles. The first-order chi connectivity index (χ1) is 15.3. The average molecular weight is 474 g/mol. The SMILES string of the molecule is NC(=O)CC(NC(=O)C(N)CCC(=O)O)C(=O)NCC(=O)NC(CCCN=C(N)N)C(=O)O. The van der Waals surface area contributed by atoms with E-state index in [9.17, 15) is 33.9 Å². The molecule has 3 unspecified atom stereocenters. The number of guanidine groups is 1. The number of carbonyl (C=O) groups is 6. The Hall–Kier alpha value is -3.95. The molecule has 0 aromatic carbocycles. The van der Waals surface area contributed by atoms with E-state index >= 15 is 0 Å². The number of rotatable bonds is 16. The van der Waals surface area contributed by atoms with Crippen molar-refractivity contribution >= 4 is 41.5 Å². The third-order valence-corrected chi connectivity index (χ3v) is 4.05. The van der Waals surface area contributed by atoms with Gasteiger partial charge in [-0.25, -0.2) is 4.79 Å². The summed E-state index contributed by atoms with van der Waals surface area (Å²) in [6.07, 6.45) is -0.948. The Kier molecular flexibility index (Phi) is 13.2. The number of aliphatic carboxylic acids is 2. The van der Waals surface area contributed by atoms with Crippen LogP contribution in [0, 0.1) is 0 Å². The molecule has 16 nitrogen and oxygen atoms in total. The molecule has 0 heterocycles. The molecule has 0 aromatic rings. The van der Waals surface area contributed by atoms with E-state index in [-0.39, 0.29) is 31.8 Å². The van der Waals surface area contributed by atoms with E-state index in [2.05, 4.69) is 20.9 Å². The minimum absolute atomic E-state index is 0.0143. The Labute approximate surface area is 188 Å². The highest BCUT2D eigenvalue weighted by Crippen LogP contribution is 2.00. The molecule has 0 aliphatic rings. The molecule has 0 saturated heterocycles. The Morgan fingerprint density at radius 2 is 1.52 bits per heavy atom. The lowest BCUT2D eigenvalue weighted by Gasteiger charge is -2.20. The van der Waals surface area contributed by atoms with Gasteiger partial charge in [0.2, 0.25) is 23.6 Å². The summed E-state index contributed by atoms with van der Waals surface area (Å²) in [5, 5.41) is 24.4. The van der Waals surface area contributed by atoms with E-state index in [1.165, 1.54) is 0 Å². The summed E-state index contributed by atoms with van der Waals surface area (Å²) in [5.74, 6) is -6.28. The summed E-state index contributed by atoms with van der Waals surface area (Å²) in [6.45, 7) is -0.505. The summed E-state index contributed by atoms with van der Waals surface area (Å²) in [5.41, 5.74) is 20.9. The second-order valence-corrected chi connectivity index (χ2v) is 6.90. The van der Waals surface area contributed by atoms with Crippen molar-refractivity contribution < 1.29 is 39.0 Å². The predicted octanol–water partition coefficient (Wildman–Crippen LogP) is -4.72. The Bertz CT molecular complexity index is 768. The molecule has 0 bridgehead atoms. The minimum Gasteiger partial charge on any atom is -0.481 e. The zero-order valence-electron chi connectivity index (χ0n) is 17.8. The van der Waals surface area contributed by atoms with Crippen LogP contribution >= 0.6 is 0 Å². The summed E-state index contributed by atoms with van der Waals surface area (Å²) in [4.78, 5) is 73.1. The highest BCUT2D eigenvalue weighted by molar-refractivity contribution is 5.95. The molecule has 0 fully saturated rings. The van der Waals surface area contributed by atoms with Crippen LogP contribution in [0.5, 0.6) is 0 Å². The van der Waals surface area contributed by atoms with Crippen molar-refractivity contribution in [3.63, 3.8) is 0 Å². The third kappa shape index (κ3) is 13.9. The van der Waals surface area contributed by atoms with Gasteiger partial charge in [-0.3, -0.25) is 29.0 Å². The number of primary amides is 1. The number of nitrogens with two attached hydrogens (primary N) is 4. The zero-order valence-corrected chi connectivity index (χ0v) is 17.8. The molecule has 16 heteroatoms. The van der Waals surface area contributed by atoms with Crippen LogP contribution < -0.4 is 38.9 Å². The molecule has 0 aromatic heterocycles. The van der Waals surface area contributed by atoms with Crippen LogP contribution in [0.15, 0.2) is 4.99 Å². The number of nitrogens with one attached hydrogen (secondary N) is 3. The predicted molar refractivity (Wildman–Crippen MR) is 113 cm³/mol. The molecule has 0 aliphatic carbocycles. The maximum absolute atomic E-state index is 12.3. The van der Waals surface area contributed by atoms with Crippen LogP contribution in [-0.4, -0.2) is 83.0 Å². The first-order valence-corrected chi connectivity index (χ1v) is 9.74. The lowest BCUT2D eigenvalue weighted by molar-refractivity contribution is -0.142. The van der Waals surface area contributed by atoms with E-state index in [0.29, 0.717) is 0 Å². The molecule has 4 amide bonds. The first-order valence-electron chi connectivity index (χ1n) is 9.74. The zero-order chi connectivity index (χ0) is 25.6. The van der Waals surface area contributed by atoms with Gasteiger partial charge in [0.1, 0.15) is 12.1 Å². The monoisotopic (exact) mass is 474 g/mol. The molecule has 0 aliphatic heterocycles. The number of carboxylic acid groups (broad SMARTS) is 2. The molecule has 33 heavy (non-hydrogen) atoms.